The number of thioether (sulfide) groups is 1. The number of nitrogens with zero attached hydrogens (tertiary/aromatic N) is 2. The number of allylic oxidation sites excluding steroid dienone is 3. The Hall–Kier alpha value is -2.83. The number of anilines is 1. The van der Waals surface area contributed by atoms with Crippen molar-refractivity contribution in [3.63, 3.8) is 0 Å². The zero-order chi connectivity index (χ0) is 22.1. The summed E-state index contributed by atoms with van der Waals surface area (Å²) in [6.45, 7) is 0.239. The topological polar surface area (TPSA) is 64.9 Å². The van der Waals surface area contributed by atoms with Gasteiger partial charge in [0.2, 0.25) is 0 Å². The number of hydrogen-bond acceptors (Lipinski definition) is 5. The fourth-order valence-electron chi connectivity index (χ4n) is 3.15. The van der Waals surface area contributed by atoms with E-state index in [1.54, 1.807) is 30.8 Å². The highest BCUT2D eigenvalue weighted by molar-refractivity contribution is 7.99. The summed E-state index contributed by atoms with van der Waals surface area (Å²) in [5.74, 6) is 1.72. The van der Waals surface area contributed by atoms with E-state index in [1.807, 2.05) is 30.5 Å². The van der Waals surface area contributed by atoms with Gasteiger partial charge in [-0.3, -0.25) is 4.79 Å². The van der Waals surface area contributed by atoms with Crippen molar-refractivity contribution in [2.75, 3.05) is 31.8 Å². The molecule has 5 nitrogen and oxygen atoms in total. The first-order chi connectivity index (χ1) is 15.1. The van der Waals surface area contributed by atoms with Gasteiger partial charge in [0.25, 0.3) is 5.91 Å². The van der Waals surface area contributed by atoms with Crippen LogP contribution >= 0.6 is 11.8 Å². The minimum absolute atomic E-state index is 0.0100. The molecule has 2 aromatic rings. The first-order valence-electron chi connectivity index (χ1n) is 10.4. The summed E-state index contributed by atoms with van der Waals surface area (Å²) in [7, 11) is 3.49. The SMILES string of the molecule is CN(C)C(=O)c1ccc(NC2=C/CC/C(c3ccc(SCCCO)cc3)=C/C=N\2)cc1. The summed E-state index contributed by atoms with van der Waals surface area (Å²) in [6.07, 6.45) is 8.64. The summed E-state index contributed by atoms with van der Waals surface area (Å²) >= 11 is 1.77. The van der Waals surface area contributed by atoms with Crippen LogP contribution in [0.4, 0.5) is 5.69 Å². The van der Waals surface area contributed by atoms with Gasteiger partial charge < -0.3 is 15.3 Å². The van der Waals surface area contributed by atoms with E-state index in [9.17, 15) is 4.79 Å². The van der Waals surface area contributed by atoms with Crippen molar-refractivity contribution in [2.45, 2.75) is 24.2 Å². The molecule has 0 saturated carbocycles. The van der Waals surface area contributed by atoms with Crippen LogP contribution in [0.1, 0.15) is 35.2 Å². The molecule has 1 heterocycles. The number of aliphatic hydroxyl groups is 1. The lowest BCUT2D eigenvalue weighted by atomic mass is 10.0. The maximum atomic E-state index is 12.0. The number of amides is 1. The van der Waals surface area contributed by atoms with Crippen molar-refractivity contribution in [1.29, 1.82) is 0 Å². The first kappa shape index (κ1) is 22.8. The van der Waals surface area contributed by atoms with Gasteiger partial charge in [-0.15, -0.1) is 11.8 Å². The third-order valence-electron chi connectivity index (χ3n) is 4.85. The van der Waals surface area contributed by atoms with Crippen LogP contribution in [0.15, 0.2) is 76.4 Å². The number of rotatable bonds is 8. The third kappa shape index (κ3) is 6.84. The van der Waals surface area contributed by atoms with Crippen LogP contribution in [0.5, 0.6) is 0 Å². The molecule has 0 spiro atoms. The lowest BCUT2D eigenvalue weighted by Crippen LogP contribution is -2.21. The molecule has 0 aromatic heterocycles. The van der Waals surface area contributed by atoms with Crippen LogP contribution in [0.3, 0.4) is 0 Å². The highest BCUT2D eigenvalue weighted by Gasteiger charge is 2.08. The summed E-state index contributed by atoms with van der Waals surface area (Å²) in [5, 5.41) is 12.2. The van der Waals surface area contributed by atoms with Gasteiger partial charge >= 0.3 is 0 Å². The highest BCUT2D eigenvalue weighted by atomic mass is 32.2. The van der Waals surface area contributed by atoms with Gasteiger partial charge in [-0.1, -0.05) is 12.1 Å². The van der Waals surface area contributed by atoms with E-state index in [4.69, 9.17) is 5.11 Å². The second-order valence-corrected chi connectivity index (χ2v) is 8.62. The van der Waals surface area contributed by atoms with Crippen LogP contribution in [-0.4, -0.2) is 48.6 Å². The molecule has 0 bridgehead atoms. The summed E-state index contributed by atoms with van der Waals surface area (Å²) < 4.78 is 0. The summed E-state index contributed by atoms with van der Waals surface area (Å²) in [6, 6.07) is 16.0. The Morgan fingerprint density at radius 1 is 1.13 bits per heavy atom. The van der Waals surface area contributed by atoms with E-state index in [0.29, 0.717) is 5.56 Å². The van der Waals surface area contributed by atoms with Gasteiger partial charge in [0, 0.05) is 48.8 Å². The molecule has 0 atom stereocenters. The Balaban J connectivity index is 1.60. The van der Waals surface area contributed by atoms with Crippen molar-refractivity contribution >= 4 is 35.1 Å². The average molecular weight is 436 g/mol. The smallest absolute Gasteiger partial charge is 0.253 e. The van der Waals surface area contributed by atoms with Gasteiger partial charge in [-0.2, -0.15) is 0 Å². The molecular weight excluding hydrogens is 406 g/mol. The number of aliphatic imine (C=N–C) groups is 1. The van der Waals surface area contributed by atoms with E-state index in [0.717, 1.165) is 36.5 Å². The molecule has 1 aliphatic rings. The normalized spacial score (nSPS) is 18.0. The van der Waals surface area contributed by atoms with Crippen molar-refractivity contribution in [2.24, 2.45) is 4.99 Å². The standard InChI is InChI=1S/C25H29N3O2S/c1-28(2)25(30)21-7-11-22(12-8-21)27-24-6-3-5-19(15-16-26-24)20-9-13-23(14-10-20)31-18-4-17-29/h6-16,27,29H,3-5,17-18H2,1-2H3/b19-15-,24-6+,26-16-. The molecule has 0 unspecified atom stereocenters. The van der Waals surface area contributed by atoms with Gasteiger partial charge in [0.15, 0.2) is 0 Å². The molecule has 0 fully saturated rings. The van der Waals surface area contributed by atoms with E-state index in [-0.39, 0.29) is 12.5 Å². The van der Waals surface area contributed by atoms with E-state index in [1.165, 1.54) is 16.0 Å². The Morgan fingerprint density at radius 3 is 2.55 bits per heavy atom. The number of aliphatic hydroxyl groups excluding tert-OH is 1. The zero-order valence-electron chi connectivity index (χ0n) is 18.0. The number of benzene rings is 2. The molecule has 162 valence electrons. The number of carbonyl (C=O) groups excluding carboxylic acids is 1. The molecular formula is C25H29N3O2S. The van der Waals surface area contributed by atoms with Crippen LogP contribution in [0.25, 0.3) is 5.57 Å². The quantitative estimate of drug-likeness (QED) is 0.449. The van der Waals surface area contributed by atoms with Crippen LogP contribution in [0, 0.1) is 0 Å². The van der Waals surface area contributed by atoms with Crippen LogP contribution < -0.4 is 5.32 Å². The summed E-state index contributed by atoms with van der Waals surface area (Å²) in [5.41, 5.74) is 4.04. The lowest BCUT2D eigenvalue weighted by Gasteiger charge is -2.13. The van der Waals surface area contributed by atoms with Gasteiger partial charge in [-0.05, 0) is 78.9 Å². The third-order valence-corrected chi connectivity index (χ3v) is 5.95. The lowest BCUT2D eigenvalue weighted by molar-refractivity contribution is 0.0827. The molecule has 0 radical (unpaired) electrons. The maximum absolute atomic E-state index is 12.0. The van der Waals surface area contributed by atoms with E-state index in [2.05, 4.69) is 46.7 Å². The van der Waals surface area contributed by atoms with Gasteiger partial charge in [-0.25, -0.2) is 4.99 Å². The molecule has 6 heteroatoms. The maximum Gasteiger partial charge on any atom is 0.253 e. The minimum atomic E-state index is -0.0100. The Bertz CT molecular complexity index is 961. The second-order valence-electron chi connectivity index (χ2n) is 7.45. The second kappa shape index (κ2) is 11.5. The Labute approximate surface area is 188 Å². The van der Waals surface area contributed by atoms with E-state index >= 15 is 0 Å². The van der Waals surface area contributed by atoms with Crippen molar-refractivity contribution in [3.8, 4) is 0 Å². The predicted octanol–water partition coefficient (Wildman–Crippen LogP) is 5.06. The zero-order valence-corrected chi connectivity index (χ0v) is 18.9. The van der Waals surface area contributed by atoms with E-state index < -0.39 is 0 Å². The molecule has 2 aromatic carbocycles. The number of carbonyl (C=O) groups is 1. The van der Waals surface area contributed by atoms with Crippen molar-refractivity contribution < 1.29 is 9.90 Å². The molecule has 1 aliphatic heterocycles. The van der Waals surface area contributed by atoms with Gasteiger partial charge in [0.1, 0.15) is 5.82 Å². The van der Waals surface area contributed by atoms with Crippen LogP contribution in [-0.2, 0) is 0 Å². The fourth-order valence-corrected chi connectivity index (χ4v) is 3.99. The molecule has 31 heavy (non-hydrogen) atoms. The molecule has 0 aliphatic carbocycles. The first-order valence-corrected chi connectivity index (χ1v) is 11.4. The Morgan fingerprint density at radius 2 is 1.87 bits per heavy atom. The van der Waals surface area contributed by atoms with Crippen molar-refractivity contribution in [1.82, 2.24) is 4.90 Å². The largest absolute Gasteiger partial charge is 0.396 e. The Kier molecular flexibility index (Phi) is 8.50. The molecule has 3 rings (SSSR count). The highest BCUT2D eigenvalue weighted by Crippen LogP contribution is 2.26. The monoisotopic (exact) mass is 435 g/mol. The fraction of sp³-hybridized carbons (Fsp3) is 0.280. The van der Waals surface area contributed by atoms with Gasteiger partial charge in [0.05, 0.1) is 0 Å². The summed E-state index contributed by atoms with van der Waals surface area (Å²) in [4.78, 5) is 19.4. The predicted molar refractivity (Wildman–Crippen MR) is 131 cm³/mol. The number of hydrogen-bond donors (Lipinski definition) is 2. The molecule has 2 N–H and O–H groups in total. The van der Waals surface area contributed by atoms with Crippen LogP contribution in [0.2, 0.25) is 0 Å². The minimum Gasteiger partial charge on any atom is -0.396 e. The number of nitrogens with one attached hydrogen (secondary N) is 1. The average Bonchev–Trinajstić information content (AvgIpc) is 2.76. The van der Waals surface area contributed by atoms with Crippen molar-refractivity contribution in [3.05, 3.63) is 77.6 Å². The molecule has 0 saturated heterocycles. The molecule has 1 amide bonds.